The monoisotopic (exact) mass is 257 g/mol. The summed E-state index contributed by atoms with van der Waals surface area (Å²) >= 11 is 5.92. The van der Waals surface area contributed by atoms with Gasteiger partial charge in [0.25, 0.3) is 5.91 Å². The van der Waals surface area contributed by atoms with Gasteiger partial charge in [0.05, 0.1) is 18.8 Å². The number of hydrogen-bond acceptors (Lipinski definition) is 3. The number of nitrogens with one attached hydrogen (secondary N) is 1. The summed E-state index contributed by atoms with van der Waals surface area (Å²) in [5, 5.41) is 21.3. The quantitative estimate of drug-likeness (QED) is 0.757. The van der Waals surface area contributed by atoms with E-state index in [1.807, 2.05) is 0 Å². The Hall–Kier alpha value is -1.10. The van der Waals surface area contributed by atoms with Gasteiger partial charge in [0.15, 0.2) is 0 Å². The minimum atomic E-state index is -1.04. The van der Waals surface area contributed by atoms with Gasteiger partial charge in [-0.05, 0) is 31.5 Å². The Morgan fingerprint density at radius 3 is 2.53 bits per heavy atom. The van der Waals surface area contributed by atoms with Crippen molar-refractivity contribution < 1.29 is 15.0 Å². The molecule has 0 bridgehead atoms. The maximum absolute atomic E-state index is 12.0. The Morgan fingerprint density at radius 2 is 2.00 bits per heavy atom. The van der Waals surface area contributed by atoms with Crippen molar-refractivity contribution >= 4 is 17.5 Å². The second kappa shape index (κ2) is 5.49. The summed E-state index contributed by atoms with van der Waals surface area (Å²) in [6.45, 7) is 2.63. The summed E-state index contributed by atoms with van der Waals surface area (Å²) in [6.07, 6.45) is 0. The third-order valence-electron chi connectivity index (χ3n) is 2.63. The Bertz CT molecular complexity index is 416. The van der Waals surface area contributed by atoms with Crippen molar-refractivity contribution in [3.05, 3.63) is 34.3 Å². The molecule has 0 spiro atoms. The number of carbonyl (C=O) groups excluding carboxylic acids is 1. The van der Waals surface area contributed by atoms with Crippen LogP contribution in [0.15, 0.2) is 18.2 Å². The molecule has 1 amide bonds. The van der Waals surface area contributed by atoms with E-state index in [4.69, 9.17) is 21.8 Å². The van der Waals surface area contributed by atoms with Crippen LogP contribution in [0.25, 0.3) is 0 Å². The molecule has 4 nitrogen and oxygen atoms in total. The van der Waals surface area contributed by atoms with E-state index in [0.717, 1.165) is 0 Å². The van der Waals surface area contributed by atoms with E-state index in [-0.39, 0.29) is 19.1 Å². The van der Waals surface area contributed by atoms with Gasteiger partial charge in [-0.15, -0.1) is 0 Å². The van der Waals surface area contributed by atoms with Crippen molar-refractivity contribution in [2.45, 2.75) is 19.4 Å². The summed E-state index contributed by atoms with van der Waals surface area (Å²) in [5.74, 6) is -0.365. The zero-order chi connectivity index (χ0) is 13.1. The molecule has 0 atom stereocenters. The van der Waals surface area contributed by atoms with Crippen LogP contribution in [0.2, 0.25) is 5.02 Å². The van der Waals surface area contributed by atoms with Gasteiger partial charge in [0.1, 0.15) is 0 Å². The van der Waals surface area contributed by atoms with Crippen LogP contribution in [0.3, 0.4) is 0 Å². The Labute approximate surface area is 105 Å². The molecule has 0 aliphatic carbocycles. The smallest absolute Gasteiger partial charge is 0.252 e. The summed E-state index contributed by atoms with van der Waals surface area (Å²) < 4.78 is 0. The second-order valence-corrected chi connectivity index (χ2v) is 4.65. The van der Waals surface area contributed by atoms with E-state index >= 15 is 0 Å². The first-order valence-corrected chi connectivity index (χ1v) is 5.60. The topological polar surface area (TPSA) is 69.6 Å². The summed E-state index contributed by atoms with van der Waals surface area (Å²) in [6, 6.07) is 5.02. The lowest BCUT2D eigenvalue weighted by atomic mass is 10.0. The van der Waals surface area contributed by atoms with Crippen molar-refractivity contribution in [2.75, 3.05) is 13.2 Å². The van der Waals surface area contributed by atoms with Crippen LogP contribution in [-0.2, 0) is 0 Å². The minimum Gasteiger partial charge on any atom is -0.394 e. The van der Waals surface area contributed by atoms with Gasteiger partial charge in [-0.25, -0.2) is 0 Å². The first kappa shape index (κ1) is 14.0. The van der Waals surface area contributed by atoms with E-state index in [1.165, 1.54) is 0 Å². The molecule has 0 saturated heterocycles. The molecule has 1 aromatic rings. The van der Waals surface area contributed by atoms with Gasteiger partial charge in [0, 0.05) is 10.6 Å². The van der Waals surface area contributed by atoms with E-state index in [0.29, 0.717) is 16.1 Å². The highest BCUT2D eigenvalue weighted by Crippen LogP contribution is 2.19. The largest absolute Gasteiger partial charge is 0.394 e. The van der Waals surface area contributed by atoms with Crippen molar-refractivity contribution in [3.63, 3.8) is 0 Å². The third kappa shape index (κ3) is 3.19. The molecule has 5 heteroatoms. The van der Waals surface area contributed by atoms with Crippen molar-refractivity contribution in [1.29, 1.82) is 0 Å². The molecule has 0 aliphatic heterocycles. The fourth-order valence-corrected chi connectivity index (χ4v) is 1.50. The van der Waals surface area contributed by atoms with Crippen LogP contribution in [0, 0.1) is 6.92 Å². The van der Waals surface area contributed by atoms with Gasteiger partial charge in [-0.1, -0.05) is 17.7 Å². The van der Waals surface area contributed by atoms with Gasteiger partial charge in [-0.3, -0.25) is 4.79 Å². The molecule has 0 radical (unpaired) electrons. The first-order chi connectivity index (χ1) is 7.93. The molecule has 1 aromatic carbocycles. The summed E-state index contributed by atoms with van der Waals surface area (Å²) in [7, 11) is 0. The standard InChI is InChI=1S/C12H16ClNO3/c1-8-9(4-3-5-10(8)13)11(17)14-12(2,6-15)7-16/h3-5,15-16H,6-7H2,1-2H3,(H,14,17). The maximum atomic E-state index is 12.0. The fraction of sp³-hybridized carbons (Fsp3) is 0.417. The van der Waals surface area contributed by atoms with E-state index < -0.39 is 5.54 Å². The SMILES string of the molecule is Cc1c(Cl)cccc1C(=O)NC(C)(CO)CO. The van der Waals surface area contributed by atoms with Gasteiger partial charge in [-0.2, -0.15) is 0 Å². The van der Waals surface area contributed by atoms with Gasteiger partial charge in [0.2, 0.25) is 0 Å². The number of hydrogen-bond donors (Lipinski definition) is 3. The summed E-state index contributed by atoms with van der Waals surface area (Å²) in [5.41, 5.74) is 0.0711. The number of aliphatic hydroxyl groups excluding tert-OH is 2. The molecule has 17 heavy (non-hydrogen) atoms. The molecule has 94 valence electrons. The van der Waals surface area contributed by atoms with E-state index in [2.05, 4.69) is 5.32 Å². The molecular weight excluding hydrogens is 242 g/mol. The molecule has 0 unspecified atom stereocenters. The normalized spacial score (nSPS) is 11.4. The lowest BCUT2D eigenvalue weighted by Gasteiger charge is -2.26. The van der Waals surface area contributed by atoms with E-state index in [1.54, 1.807) is 32.0 Å². The van der Waals surface area contributed by atoms with Gasteiger partial charge >= 0.3 is 0 Å². The summed E-state index contributed by atoms with van der Waals surface area (Å²) in [4.78, 5) is 12.0. The fourth-order valence-electron chi connectivity index (χ4n) is 1.32. The first-order valence-electron chi connectivity index (χ1n) is 5.23. The van der Waals surface area contributed by atoms with Crippen LogP contribution in [-0.4, -0.2) is 34.9 Å². The highest BCUT2D eigenvalue weighted by Gasteiger charge is 2.25. The highest BCUT2D eigenvalue weighted by molar-refractivity contribution is 6.31. The number of amides is 1. The predicted octanol–water partition coefficient (Wildman–Crippen LogP) is 1.12. The average molecular weight is 258 g/mol. The molecular formula is C12H16ClNO3. The van der Waals surface area contributed by atoms with Crippen LogP contribution in [0.4, 0.5) is 0 Å². The highest BCUT2D eigenvalue weighted by atomic mass is 35.5. The number of carbonyl (C=O) groups is 1. The number of rotatable bonds is 4. The number of benzene rings is 1. The Balaban J connectivity index is 2.94. The maximum Gasteiger partial charge on any atom is 0.252 e. The molecule has 0 fully saturated rings. The lowest BCUT2D eigenvalue weighted by molar-refractivity contribution is 0.0723. The van der Waals surface area contributed by atoms with Crippen LogP contribution in [0.5, 0.6) is 0 Å². The zero-order valence-electron chi connectivity index (χ0n) is 9.83. The molecule has 0 aliphatic rings. The predicted molar refractivity (Wildman–Crippen MR) is 66.2 cm³/mol. The average Bonchev–Trinajstić information content (AvgIpc) is 2.32. The molecule has 0 saturated carbocycles. The minimum absolute atomic E-state index is 0.338. The van der Waals surface area contributed by atoms with Crippen molar-refractivity contribution in [2.24, 2.45) is 0 Å². The lowest BCUT2D eigenvalue weighted by Crippen LogP contribution is -2.51. The van der Waals surface area contributed by atoms with Crippen LogP contribution < -0.4 is 5.32 Å². The van der Waals surface area contributed by atoms with Crippen molar-refractivity contribution in [3.8, 4) is 0 Å². The molecule has 1 rings (SSSR count). The second-order valence-electron chi connectivity index (χ2n) is 4.24. The van der Waals surface area contributed by atoms with Crippen LogP contribution >= 0.6 is 11.6 Å². The van der Waals surface area contributed by atoms with Gasteiger partial charge < -0.3 is 15.5 Å². The number of halogens is 1. The third-order valence-corrected chi connectivity index (χ3v) is 3.04. The molecule has 0 heterocycles. The van der Waals surface area contributed by atoms with E-state index in [9.17, 15) is 4.79 Å². The van der Waals surface area contributed by atoms with Crippen LogP contribution in [0.1, 0.15) is 22.8 Å². The molecule has 0 aromatic heterocycles. The number of aliphatic hydroxyl groups is 2. The zero-order valence-corrected chi connectivity index (χ0v) is 10.6. The molecule has 3 N–H and O–H groups in total. The Kier molecular flexibility index (Phi) is 4.51. The van der Waals surface area contributed by atoms with Crippen molar-refractivity contribution in [1.82, 2.24) is 5.32 Å². The Morgan fingerprint density at radius 1 is 1.41 bits per heavy atom.